The van der Waals surface area contributed by atoms with Crippen molar-refractivity contribution in [2.45, 2.75) is 17.2 Å². The van der Waals surface area contributed by atoms with Crippen LogP contribution in [0.15, 0.2) is 77.8 Å². The first-order chi connectivity index (χ1) is 15.4. The van der Waals surface area contributed by atoms with Crippen molar-refractivity contribution in [2.75, 3.05) is 5.32 Å². The molecule has 9 heteroatoms. The van der Waals surface area contributed by atoms with Crippen LogP contribution in [0.1, 0.15) is 6.92 Å². The van der Waals surface area contributed by atoms with Crippen molar-refractivity contribution in [1.82, 2.24) is 10.2 Å². The number of halogens is 1. The maximum absolute atomic E-state index is 12.7. The zero-order valence-electron chi connectivity index (χ0n) is 16.9. The highest BCUT2D eigenvalue weighted by Crippen LogP contribution is 2.34. The standard InChI is InChI=1S/C23H17ClN4O3S/c1-14(22(29)25-20-12-11-16(28(30)31)13-19(20)24)32-23-18-10-6-5-9-17(18)21(26-27-23)15-7-3-2-4-8-15/h2-14H,1H3,(H,25,29)/t14-/m0/s1. The number of carbonyl (C=O) groups excluding carboxylic acids is 1. The lowest BCUT2D eigenvalue weighted by atomic mass is 10.1. The number of nitrogens with one attached hydrogen (secondary N) is 1. The number of aromatic nitrogens is 2. The summed E-state index contributed by atoms with van der Waals surface area (Å²) in [5.41, 5.74) is 1.91. The second kappa shape index (κ2) is 9.33. The number of hydrogen-bond acceptors (Lipinski definition) is 6. The summed E-state index contributed by atoms with van der Waals surface area (Å²) in [5, 5.41) is 24.5. The third-order valence-corrected chi connectivity index (χ3v) is 6.18. The van der Waals surface area contributed by atoms with Gasteiger partial charge in [0.1, 0.15) is 10.7 Å². The summed E-state index contributed by atoms with van der Waals surface area (Å²) in [6.45, 7) is 1.75. The molecule has 7 nitrogen and oxygen atoms in total. The molecule has 0 bridgehead atoms. The molecule has 3 aromatic carbocycles. The Bertz CT molecular complexity index is 1320. The van der Waals surface area contributed by atoms with E-state index < -0.39 is 10.2 Å². The first-order valence-electron chi connectivity index (χ1n) is 9.66. The summed E-state index contributed by atoms with van der Waals surface area (Å²) in [4.78, 5) is 23.1. The van der Waals surface area contributed by atoms with Crippen LogP contribution in [0.4, 0.5) is 11.4 Å². The molecule has 0 saturated heterocycles. The quantitative estimate of drug-likeness (QED) is 0.214. The Kier molecular flexibility index (Phi) is 6.34. The molecule has 160 valence electrons. The molecule has 0 aliphatic rings. The summed E-state index contributed by atoms with van der Waals surface area (Å²) < 4.78 is 0. The smallest absolute Gasteiger partial charge is 0.271 e. The highest BCUT2D eigenvalue weighted by atomic mass is 35.5. The molecule has 0 saturated carbocycles. The van der Waals surface area contributed by atoms with E-state index >= 15 is 0 Å². The predicted octanol–water partition coefficient (Wildman–Crippen LogP) is 5.98. The summed E-state index contributed by atoms with van der Waals surface area (Å²) >= 11 is 7.37. The number of nitro groups is 1. The van der Waals surface area contributed by atoms with Gasteiger partial charge < -0.3 is 5.32 Å². The normalized spacial score (nSPS) is 11.8. The first kappa shape index (κ1) is 21.7. The Morgan fingerprint density at radius 2 is 1.72 bits per heavy atom. The molecule has 1 atom stereocenters. The van der Waals surface area contributed by atoms with Crippen LogP contribution in [0.25, 0.3) is 22.0 Å². The minimum Gasteiger partial charge on any atom is -0.324 e. The molecule has 0 unspecified atom stereocenters. The van der Waals surface area contributed by atoms with E-state index in [1.165, 1.54) is 30.0 Å². The summed E-state index contributed by atoms with van der Waals surface area (Å²) in [5.74, 6) is -0.302. The van der Waals surface area contributed by atoms with E-state index in [1.54, 1.807) is 6.92 Å². The van der Waals surface area contributed by atoms with E-state index in [9.17, 15) is 14.9 Å². The van der Waals surface area contributed by atoms with Gasteiger partial charge in [-0.2, -0.15) is 0 Å². The van der Waals surface area contributed by atoms with Crippen molar-refractivity contribution < 1.29 is 9.72 Å². The SMILES string of the molecule is C[C@H](Sc1nnc(-c2ccccc2)c2ccccc12)C(=O)Nc1ccc([N+](=O)[O-])cc1Cl. The van der Waals surface area contributed by atoms with E-state index in [1.807, 2.05) is 54.6 Å². The number of nitrogens with zero attached hydrogens (tertiary/aromatic N) is 3. The van der Waals surface area contributed by atoms with E-state index in [4.69, 9.17) is 11.6 Å². The lowest BCUT2D eigenvalue weighted by Gasteiger charge is -2.14. The molecule has 1 amide bonds. The molecule has 0 spiro atoms. The van der Waals surface area contributed by atoms with Crippen molar-refractivity contribution in [3.05, 3.63) is 87.9 Å². The molecule has 0 aliphatic carbocycles. The molecule has 0 fully saturated rings. The number of hydrogen-bond donors (Lipinski definition) is 1. The molecule has 1 aromatic heterocycles. The van der Waals surface area contributed by atoms with Crippen LogP contribution in [0, 0.1) is 10.1 Å². The number of anilines is 1. The van der Waals surface area contributed by atoms with Crippen LogP contribution < -0.4 is 5.32 Å². The Hall–Kier alpha value is -3.49. The predicted molar refractivity (Wildman–Crippen MR) is 127 cm³/mol. The highest BCUT2D eigenvalue weighted by Gasteiger charge is 2.20. The number of nitro benzene ring substituents is 1. The second-order valence-electron chi connectivity index (χ2n) is 6.94. The third kappa shape index (κ3) is 4.56. The average Bonchev–Trinajstić information content (AvgIpc) is 2.81. The first-order valence-corrected chi connectivity index (χ1v) is 10.9. The van der Waals surface area contributed by atoms with Crippen LogP contribution in [-0.2, 0) is 4.79 Å². The fourth-order valence-corrected chi connectivity index (χ4v) is 4.27. The van der Waals surface area contributed by atoms with Gasteiger partial charge in [-0.3, -0.25) is 14.9 Å². The lowest BCUT2D eigenvalue weighted by Crippen LogP contribution is -2.22. The van der Waals surface area contributed by atoms with Crippen molar-refractivity contribution >= 4 is 51.4 Å². The summed E-state index contributed by atoms with van der Waals surface area (Å²) in [6.07, 6.45) is 0. The fraction of sp³-hybridized carbons (Fsp3) is 0.0870. The van der Waals surface area contributed by atoms with E-state index in [-0.39, 0.29) is 16.6 Å². The molecule has 32 heavy (non-hydrogen) atoms. The highest BCUT2D eigenvalue weighted by molar-refractivity contribution is 8.00. The number of carbonyl (C=O) groups is 1. The number of non-ortho nitro benzene ring substituents is 1. The molecule has 4 aromatic rings. The maximum Gasteiger partial charge on any atom is 0.271 e. The lowest BCUT2D eigenvalue weighted by molar-refractivity contribution is -0.384. The van der Waals surface area contributed by atoms with Gasteiger partial charge in [0, 0.05) is 28.5 Å². The minimum atomic E-state index is -0.543. The van der Waals surface area contributed by atoms with E-state index in [0.29, 0.717) is 10.7 Å². The summed E-state index contributed by atoms with van der Waals surface area (Å²) in [7, 11) is 0. The molecule has 0 radical (unpaired) electrons. The van der Waals surface area contributed by atoms with E-state index in [0.717, 1.165) is 22.0 Å². The molecular formula is C23H17ClN4O3S. The average molecular weight is 465 g/mol. The van der Waals surface area contributed by atoms with Crippen molar-refractivity contribution in [1.29, 1.82) is 0 Å². The Balaban J connectivity index is 1.57. The zero-order valence-corrected chi connectivity index (χ0v) is 18.4. The monoisotopic (exact) mass is 464 g/mol. The number of benzene rings is 3. The number of thioether (sulfide) groups is 1. The maximum atomic E-state index is 12.7. The van der Waals surface area contributed by atoms with Gasteiger partial charge in [-0.05, 0) is 13.0 Å². The van der Waals surface area contributed by atoms with Crippen LogP contribution in [0.3, 0.4) is 0 Å². The Morgan fingerprint density at radius 1 is 1.03 bits per heavy atom. The second-order valence-corrected chi connectivity index (χ2v) is 8.67. The van der Waals surface area contributed by atoms with Crippen molar-refractivity contribution in [3.63, 3.8) is 0 Å². The number of amides is 1. The minimum absolute atomic E-state index is 0.0993. The Labute approximate surface area is 193 Å². The number of fused-ring (bicyclic) bond motifs is 1. The third-order valence-electron chi connectivity index (χ3n) is 4.78. The van der Waals surface area contributed by atoms with Crippen LogP contribution in [0.5, 0.6) is 0 Å². The van der Waals surface area contributed by atoms with Crippen molar-refractivity contribution in [3.8, 4) is 11.3 Å². The van der Waals surface area contributed by atoms with Gasteiger partial charge in [-0.15, -0.1) is 10.2 Å². The van der Waals surface area contributed by atoms with Crippen LogP contribution in [0.2, 0.25) is 5.02 Å². The number of rotatable bonds is 6. The van der Waals surface area contributed by atoms with Gasteiger partial charge in [-0.1, -0.05) is 78.0 Å². The van der Waals surface area contributed by atoms with Gasteiger partial charge in [-0.25, -0.2) is 0 Å². The molecule has 4 rings (SSSR count). The van der Waals surface area contributed by atoms with Gasteiger partial charge in [0.15, 0.2) is 0 Å². The molecule has 1 N–H and O–H groups in total. The largest absolute Gasteiger partial charge is 0.324 e. The molecule has 0 aliphatic heterocycles. The van der Waals surface area contributed by atoms with Crippen LogP contribution >= 0.6 is 23.4 Å². The summed E-state index contributed by atoms with van der Waals surface area (Å²) in [6, 6.07) is 21.5. The fourth-order valence-electron chi connectivity index (χ4n) is 3.15. The zero-order chi connectivity index (χ0) is 22.7. The Morgan fingerprint density at radius 3 is 2.41 bits per heavy atom. The van der Waals surface area contributed by atoms with Gasteiger partial charge in [0.05, 0.1) is 20.9 Å². The topological polar surface area (TPSA) is 98.0 Å². The van der Waals surface area contributed by atoms with Gasteiger partial charge >= 0.3 is 0 Å². The molecular weight excluding hydrogens is 448 g/mol. The van der Waals surface area contributed by atoms with Crippen molar-refractivity contribution in [2.24, 2.45) is 0 Å². The van der Waals surface area contributed by atoms with Gasteiger partial charge in [0.25, 0.3) is 5.69 Å². The molecule has 1 heterocycles. The van der Waals surface area contributed by atoms with Gasteiger partial charge in [0.2, 0.25) is 5.91 Å². The van der Waals surface area contributed by atoms with Crippen LogP contribution in [-0.4, -0.2) is 26.3 Å². The van der Waals surface area contributed by atoms with E-state index in [2.05, 4.69) is 15.5 Å².